The molecule has 1 saturated heterocycles. The van der Waals surface area contributed by atoms with Crippen molar-refractivity contribution in [2.45, 2.75) is 32.7 Å². The van der Waals surface area contributed by atoms with E-state index in [9.17, 15) is 4.79 Å². The molecule has 2 rings (SSSR count). The second kappa shape index (κ2) is 5.31. The molecule has 5 nitrogen and oxygen atoms in total. The number of nitrogens with one attached hydrogen (secondary N) is 3. The molecule has 17 heavy (non-hydrogen) atoms. The quantitative estimate of drug-likeness (QED) is 0.724. The lowest BCUT2D eigenvalue weighted by molar-refractivity contribution is -0.133. The molecule has 0 bridgehead atoms. The Morgan fingerprint density at radius 2 is 2.29 bits per heavy atom. The van der Waals surface area contributed by atoms with E-state index in [0.29, 0.717) is 6.54 Å². The van der Waals surface area contributed by atoms with Crippen LogP contribution in [0.5, 0.6) is 0 Å². The number of amides is 1. The van der Waals surface area contributed by atoms with Gasteiger partial charge in [-0.2, -0.15) is 5.10 Å². The highest BCUT2D eigenvalue weighted by molar-refractivity contribution is 5.82. The van der Waals surface area contributed by atoms with E-state index < -0.39 is 0 Å². The largest absolute Gasteiger partial charge is 0.351 e. The number of H-pyrrole nitrogens is 1. The van der Waals surface area contributed by atoms with Gasteiger partial charge in [0.25, 0.3) is 0 Å². The molecule has 1 fully saturated rings. The van der Waals surface area contributed by atoms with E-state index in [1.54, 1.807) is 12.4 Å². The van der Waals surface area contributed by atoms with Crippen LogP contribution in [0.2, 0.25) is 0 Å². The summed E-state index contributed by atoms with van der Waals surface area (Å²) in [5, 5.41) is 12.9. The molecule has 0 aromatic carbocycles. The zero-order valence-corrected chi connectivity index (χ0v) is 10.3. The molecular formula is C12H20N4O. The van der Waals surface area contributed by atoms with E-state index in [-0.39, 0.29) is 11.3 Å². The van der Waals surface area contributed by atoms with Crippen LogP contribution in [0.15, 0.2) is 12.4 Å². The number of carbonyl (C=O) groups excluding carboxylic acids is 1. The Balaban J connectivity index is 1.93. The first-order valence-electron chi connectivity index (χ1n) is 6.23. The fourth-order valence-electron chi connectivity index (χ4n) is 2.39. The molecule has 0 radical (unpaired) electrons. The summed E-state index contributed by atoms with van der Waals surface area (Å²) in [6, 6.07) is 0. The molecule has 1 amide bonds. The van der Waals surface area contributed by atoms with Gasteiger partial charge < -0.3 is 10.6 Å². The second-order valence-electron chi connectivity index (χ2n) is 4.67. The highest BCUT2D eigenvalue weighted by atomic mass is 16.2. The number of hydrogen-bond donors (Lipinski definition) is 3. The minimum atomic E-state index is -0.172. The number of carbonyl (C=O) groups is 1. The number of aromatic amines is 1. The summed E-state index contributed by atoms with van der Waals surface area (Å²) in [5.41, 5.74) is 0.841. The lowest BCUT2D eigenvalue weighted by Gasteiger charge is -2.35. The predicted molar refractivity (Wildman–Crippen MR) is 65.3 cm³/mol. The van der Waals surface area contributed by atoms with Crippen LogP contribution in [-0.4, -0.2) is 29.2 Å². The molecule has 3 N–H and O–H groups in total. The average molecular weight is 236 g/mol. The Bertz CT molecular complexity index is 355. The number of aromatic nitrogens is 2. The average Bonchev–Trinajstić information content (AvgIpc) is 2.90. The first-order chi connectivity index (χ1) is 8.27. The van der Waals surface area contributed by atoms with Crippen molar-refractivity contribution in [3.05, 3.63) is 18.0 Å². The van der Waals surface area contributed by atoms with E-state index >= 15 is 0 Å². The number of rotatable bonds is 4. The zero-order chi connectivity index (χ0) is 12.1. The summed E-state index contributed by atoms with van der Waals surface area (Å²) >= 11 is 0. The van der Waals surface area contributed by atoms with Gasteiger partial charge in [0.1, 0.15) is 0 Å². The molecule has 5 heteroatoms. The molecule has 0 spiro atoms. The third-order valence-corrected chi connectivity index (χ3v) is 3.73. The van der Waals surface area contributed by atoms with Gasteiger partial charge in [-0.25, -0.2) is 0 Å². The zero-order valence-electron chi connectivity index (χ0n) is 10.3. The minimum absolute atomic E-state index is 0.172. The maximum atomic E-state index is 12.3. The second-order valence-corrected chi connectivity index (χ2v) is 4.67. The van der Waals surface area contributed by atoms with E-state index in [4.69, 9.17) is 0 Å². The monoisotopic (exact) mass is 236 g/mol. The third kappa shape index (κ3) is 2.66. The predicted octanol–water partition coefficient (Wildman–Crippen LogP) is 0.806. The first kappa shape index (κ1) is 12.1. The molecule has 1 aliphatic heterocycles. The Kier molecular flexibility index (Phi) is 3.78. The van der Waals surface area contributed by atoms with Crippen LogP contribution in [0.1, 0.15) is 31.7 Å². The van der Waals surface area contributed by atoms with Crippen molar-refractivity contribution in [1.29, 1.82) is 0 Å². The Hall–Kier alpha value is -1.36. The van der Waals surface area contributed by atoms with Gasteiger partial charge in [0.05, 0.1) is 11.6 Å². The molecule has 1 aromatic rings. The molecule has 0 aliphatic carbocycles. The molecule has 0 atom stereocenters. The lowest BCUT2D eigenvalue weighted by Crippen LogP contribution is -2.47. The fourth-order valence-corrected chi connectivity index (χ4v) is 2.39. The number of piperidine rings is 1. The van der Waals surface area contributed by atoms with Crippen LogP contribution >= 0.6 is 0 Å². The Morgan fingerprint density at radius 1 is 1.53 bits per heavy atom. The van der Waals surface area contributed by atoms with Crippen LogP contribution < -0.4 is 10.6 Å². The van der Waals surface area contributed by atoms with Gasteiger partial charge in [0, 0.05) is 18.3 Å². The van der Waals surface area contributed by atoms with E-state index in [1.165, 1.54) is 0 Å². The van der Waals surface area contributed by atoms with Crippen molar-refractivity contribution in [3.8, 4) is 0 Å². The SMILES string of the molecule is CCC1(C(=O)NCc2cn[nH]c2)CCNCC1. The van der Waals surface area contributed by atoms with Gasteiger partial charge in [-0.1, -0.05) is 6.92 Å². The van der Waals surface area contributed by atoms with Crippen molar-refractivity contribution in [1.82, 2.24) is 20.8 Å². The maximum absolute atomic E-state index is 12.3. The third-order valence-electron chi connectivity index (χ3n) is 3.73. The Labute approximate surface area is 101 Å². The number of nitrogens with zero attached hydrogens (tertiary/aromatic N) is 1. The molecule has 94 valence electrons. The molecule has 2 heterocycles. The van der Waals surface area contributed by atoms with Gasteiger partial charge in [0.15, 0.2) is 0 Å². The van der Waals surface area contributed by atoms with Gasteiger partial charge in [-0.15, -0.1) is 0 Å². The van der Waals surface area contributed by atoms with E-state index in [1.807, 2.05) is 0 Å². The smallest absolute Gasteiger partial charge is 0.226 e. The molecule has 0 unspecified atom stereocenters. The van der Waals surface area contributed by atoms with Gasteiger partial charge in [0.2, 0.25) is 5.91 Å². The van der Waals surface area contributed by atoms with Crippen LogP contribution in [0.4, 0.5) is 0 Å². The van der Waals surface area contributed by atoms with Crippen molar-refractivity contribution in [2.75, 3.05) is 13.1 Å². The van der Waals surface area contributed by atoms with E-state index in [2.05, 4.69) is 27.8 Å². The fraction of sp³-hybridized carbons (Fsp3) is 0.667. The molecule has 0 saturated carbocycles. The Morgan fingerprint density at radius 3 is 2.88 bits per heavy atom. The van der Waals surface area contributed by atoms with Crippen molar-refractivity contribution >= 4 is 5.91 Å². The van der Waals surface area contributed by atoms with Crippen LogP contribution in [0, 0.1) is 5.41 Å². The first-order valence-corrected chi connectivity index (χ1v) is 6.23. The van der Waals surface area contributed by atoms with Crippen LogP contribution in [0.25, 0.3) is 0 Å². The summed E-state index contributed by atoms with van der Waals surface area (Å²) in [6.07, 6.45) is 6.32. The minimum Gasteiger partial charge on any atom is -0.351 e. The standard InChI is InChI=1S/C12H20N4O/c1-2-12(3-5-13-6-4-12)11(17)14-7-10-8-15-16-9-10/h8-9,13H,2-7H2,1H3,(H,14,17)(H,15,16). The summed E-state index contributed by atoms with van der Waals surface area (Å²) in [5.74, 6) is 0.183. The maximum Gasteiger partial charge on any atom is 0.226 e. The van der Waals surface area contributed by atoms with Crippen molar-refractivity contribution < 1.29 is 4.79 Å². The lowest BCUT2D eigenvalue weighted by atomic mass is 9.76. The highest BCUT2D eigenvalue weighted by Crippen LogP contribution is 2.32. The molecule has 1 aliphatic rings. The van der Waals surface area contributed by atoms with Crippen molar-refractivity contribution in [3.63, 3.8) is 0 Å². The van der Waals surface area contributed by atoms with Gasteiger partial charge >= 0.3 is 0 Å². The molecular weight excluding hydrogens is 216 g/mol. The van der Waals surface area contributed by atoms with E-state index in [0.717, 1.165) is 37.9 Å². The van der Waals surface area contributed by atoms with Crippen molar-refractivity contribution in [2.24, 2.45) is 5.41 Å². The normalized spacial score (nSPS) is 18.9. The highest BCUT2D eigenvalue weighted by Gasteiger charge is 2.37. The summed E-state index contributed by atoms with van der Waals surface area (Å²) in [7, 11) is 0. The van der Waals surface area contributed by atoms with Gasteiger partial charge in [-0.3, -0.25) is 9.89 Å². The van der Waals surface area contributed by atoms with Crippen LogP contribution in [0.3, 0.4) is 0 Å². The van der Waals surface area contributed by atoms with Gasteiger partial charge in [-0.05, 0) is 32.4 Å². The summed E-state index contributed by atoms with van der Waals surface area (Å²) < 4.78 is 0. The topological polar surface area (TPSA) is 69.8 Å². The summed E-state index contributed by atoms with van der Waals surface area (Å²) in [6.45, 7) is 4.53. The van der Waals surface area contributed by atoms with Crippen LogP contribution in [-0.2, 0) is 11.3 Å². The molecule has 1 aromatic heterocycles. The summed E-state index contributed by atoms with van der Waals surface area (Å²) in [4.78, 5) is 12.3. The number of hydrogen-bond acceptors (Lipinski definition) is 3.